The van der Waals surface area contributed by atoms with Crippen molar-refractivity contribution in [2.45, 2.75) is 47.0 Å². The molecule has 0 aliphatic carbocycles. The SMILES string of the molecule is CCNCC(C)C(C)CC(C)CCC=NC. The molecule has 0 aliphatic rings. The summed E-state index contributed by atoms with van der Waals surface area (Å²) in [5.41, 5.74) is 0. The first-order valence-corrected chi connectivity index (χ1v) is 6.73. The van der Waals surface area contributed by atoms with Gasteiger partial charge in [0.05, 0.1) is 0 Å². The van der Waals surface area contributed by atoms with Gasteiger partial charge in [0.25, 0.3) is 0 Å². The standard InChI is InChI=1S/C14H30N2/c1-6-16-11-14(4)13(3)10-12(2)8-7-9-15-5/h9,12-14,16H,6-8,10-11H2,1-5H3. The van der Waals surface area contributed by atoms with Gasteiger partial charge in [0, 0.05) is 7.05 Å². The van der Waals surface area contributed by atoms with Gasteiger partial charge in [-0.25, -0.2) is 0 Å². The summed E-state index contributed by atoms with van der Waals surface area (Å²) in [6.45, 7) is 11.5. The summed E-state index contributed by atoms with van der Waals surface area (Å²) >= 11 is 0. The maximum atomic E-state index is 4.03. The lowest BCUT2D eigenvalue weighted by Gasteiger charge is -2.23. The molecule has 16 heavy (non-hydrogen) atoms. The monoisotopic (exact) mass is 226 g/mol. The zero-order chi connectivity index (χ0) is 12.4. The highest BCUT2D eigenvalue weighted by molar-refractivity contribution is 5.56. The molecule has 3 atom stereocenters. The zero-order valence-corrected chi connectivity index (χ0v) is 11.8. The molecule has 1 N–H and O–H groups in total. The van der Waals surface area contributed by atoms with E-state index in [1.165, 1.54) is 12.8 Å². The van der Waals surface area contributed by atoms with E-state index in [4.69, 9.17) is 0 Å². The van der Waals surface area contributed by atoms with Crippen molar-refractivity contribution in [1.29, 1.82) is 0 Å². The average molecular weight is 226 g/mol. The fourth-order valence-electron chi connectivity index (χ4n) is 2.05. The Balaban J connectivity index is 3.70. The lowest BCUT2D eigenvalue weighted by molar-refractivity contribution is 0.299. The van der Waals surface area contributed by atoms with Crippen molar-refractivity contribution in [2.75, 3.05) is 20.1 Å². The van der Waals surface area contributed by atoms with Crippen LogP contribution >= 0.6 is 0 Å². The lowest BCUT2D eigenvalue weighted by atomic mass is 9.86. The van der Waals surface area contributed by atoms with Crippen LogP contribution in [0.15, 0.2) is 4.99 Å². The second-order valence-corrected chi connectivity index (χ2v) is 5.12. The Kier molecular flexibility index (Phi) is 9.60. The second kappa shape index (κ2) is 9.83. The quantitative estimate of drug-likeness (QED) is 0.599. The second-order valence-electron chi connectivity index (χ2n) is 5.12. The van der Waals surface area contributed by atoms with Gasteiger partial charge in [0.2, 0.25) is 0 Å². The fourth-order valence-corrected chi connectivity index (χ4v) is 2.05. The molecule has 0 amide bonds. The van der Waals surface area contributed by atoms with E-state index in [0.717, 1.165) is 37.3 Å². The van der Waals surface area contributed by atoms with Crippen molar-refractivity contribution in [2.24, 2.45) is 22.7 Å². The molecular formula is C14H30N2. The Morgan fingerprint density at radius 1 is 1.19 bits per heavy atom. The predicted molar refractivity (Wildman–Crippen MR) is 74.3 cm³/mol. The normalized spacial score (nSPS) is 17.6. The highest BCUT2D eigenvalue weighted by Crippen LogP contribution is 2.22. The first kappa shape index (κ1) is 15.6. The largest absolute Gasteiger partial charge is 0.317 e. The summed E-state index contributed by atoms with van der Waals surface area (Å²) in [5, 5.41) is 3.43. The van der Waals surface area contributed by atoms with E-state index in [9.17, 15) is 0 Å². The van der Waals surface area contributed by atoms with Crippen LogP contribution in [0.1, 0.15) is 47.0 Å². The molecule has 96 valence electrons. The van der Waals surface area contributed by atoms with E-state index in [1.54, 1.807) is 0 Å². The molecule has 0 aromatic rings. The van der Waals surface area contributed by atoms with Crippen molar-refractivity contribution in [1.82, 2.24) is 5.32 Å². The minimum atomic E-state index is 0.780. The third kappa shape index (κ3) is 7.86. The van der Waals surface area contributed by atoms with Crippen LogP contribution in [-0.2, 0) is 0 Å². The van der Waals surface area contributed by atoms with E-state index in [-0.39, 0.29) is 0 Å². The van der Waals surface area contributed by atoms with Crippen molar-refractivity contribution < 1.29 is 0 Å². The molecule has 0 aromatic carbocycles. The van der Waals surface area contributed by atoms with Crippen LogP contribution in [0.4, 0.5) is 0 Å². The maximum absolute atomic E-state index is 4.03. The topological polar surface area (TPSA) is 24.4 Å². The van der Waals surface area contributed by atoms with Gasteiger partial charge in [-0.15, -0.1) is 0 Å². The van der Waals surface area contributed by atoms with E-state index >= 15 is 0 Å². The van der Waals surface area contributed by atoms with Gasteiger partial charge in [-0.3, -0.25) is 0 Å². The molecule has 2 nitrogen and oxygen atoms in total. The van der Waals surface area contributed by atoms with Crippen LogP contribution in [0.5, 0.6) is 0 Å². The molecule has 0 radical (unpaired) electrons. The number of aliphatic imine (C=N–C) groups is 1. The Morgan fingerprint density at radius 3 is 2.44 bits per heavy atom. The van der Waals surface area contributed by atoms with Crippen LogP contribution in [0.3, 0.4) is 0 Å². The first-order chi connectivity index (χ1) is 7.61. The van der Waals surface area contributed by atoms with E-state index in [1.807, 2.05) is 13.3 Å². The molecule has 0 saturated heterocycles. The van der Waals surface area contributed by atoms with Crippen molar-refractivity contribution in [3.63, 3.8) is 0 Å². The van der Waals surface area contributed by atoms with Gasteiger partial charge < -0.3 is 10.3 Å². The smallest absolute Gasteiger partial charge is 0.0273 e. The number of nitrogens with one attached hydrogen (secondary N) is 1. The van der Waals surface area contributed by atoms with Crippen molar-refractivity contribution in [3.05, 3.63) is 0 Å². The van der Waals surface area contributed by atoms with Gasteiger partial charge in [-0.05, 0) is 56.3 Å². The van der Waals surface area contributed by atoms with Gasteiger partial charge in [-0.1, -0.05) is 27.7 Å². The van der Waals surface area contributed by atoms with Gasteiger partial charge in [-0.2, -0.15) is 0 Å². The van der Waals surface area contributed by atoms with Crippen molar-refractivity contribution >= 4 is 6.21 Å². The lowest BCUT2D eigenvalue weighted by Crippen LogP contribution is -2.25. The van der Waals surface area contributed by atoms with E-state index in [0.29, 0.717) is 0 Å². The Bertz CT molecular complexity index is 178. The van der Waals surface area contributed by atoms with Gasteiger partial charge in [0.15, 0.2) is 0 Å². The Morgan fingerprint density at radius 2 is 1.88 bits per heavy atom. The molecule has 0 aliphatic heterocycles. The summed E-state index contributed by atoms with van der Waals surface area (Å²) in [7, 11) is 1.85. The summed E-state index contributed by atoms with van der Waals surface area (Å²) in [6, 6.07) is 0. The first-order valence-electron chi connectivity index (χ1n) is 6.73. The number of hydrogen-bond acceptors (Lipinski definition) is 2. The van der Waals surface area contributed by atoms with Crippen molar-refractivity contribution in [3.8, 4) is 0 Å². The van der Waals surface area contributed by atoms with Crippen LogP contribution in [0.25, 0.3) is 0 Å². The molecule has 0 heterocycles. The minimum absolute atomic E-state index is 0.780. The highest BCUT2D eigenvalue weighted by atomic mass is 14.8. The number of hydrogen-bond donors (Lipinski definition) is 1. The third-order valence-corrected chi connectivity index (χ3v) is 3.43. The summed E-state index contributed by atoms with van der Waals surface area (Å²) in [5.74, 6) is 2.41. The average Bonchev–Trinajstić information content (AvgIpc) is 2.26. The van der Waals surface area contributed by atoms with Crippen LogP contribution in [-0.4, -0.2) is 26.4 Å². The van der Waals surface area contributed by atoms with Crippen LogP contribution in [0, 0.1) is 17.8 Å². The molecule has 3 unspecified atom stereocenters. The maximum Gasteiger partial charge on any atom is 0.0273 e. The van der Waals surface area contributed by atoms with E-state index < -0.39 is 0 Å². The third-order valence-electron chi connectivity index (χ3n) is 3.43. The Labute approximate surface area is 102 Å². The molecule has 0 saturated carbocycles. The summed E-state index contributed by atoms with van der Waals surface area (Å²) < 4.78 is 0. The fraction of sp³-hybridized carbons (Fsp3) is 0.929. The highest BCUT2D eigenvalue weighted by Gasteiger charge is 2.14. The zero-order valence-electron chi connectivity index (χ0n) is 11.8. The minimum Gasteiger partial charge on any atom is -0.317 e. The molecule has 0 rings (SSSR count). The van der Waals surface area contributed by atoms with Gasteiger partial charge in [0.1, 0.15) is 0 Å². The Hall–Kier alpha value is -0.370. The number of rotatable bonds is 9. The molecule has 0 aromatic heterocycles. The summed E-state index contributed by atoms with van der Waals surface area (Å²) in [6.07, 6.45) is 5.77. The van der Waals surface area contributed by atoms with Gasteiger partial charge >= 0.3 is 0 Å². The summed E-state index contributed by atoms with van der Waals surface area (Å²) in [4.78, 5) is 4.03. The van der Waals surface area contributed by atoms with E-state index in [2.05, 4.69) is 38.0 Å². The predicted octanol–water partition coefficient (Wildman–Crippen LogP) is 3.38. The molecule has 0 fully saturated rings. The van der Waals surface area contributed by atoms with Crippen LogP contribution < -0.4 is 5.32 Å². The molecular weight excluding hydrogens is 196 g/mol. The molecule has 2 heteroatoms. The number of nitrogens with zero attached hydrogens (tertiary/aromatic N) is 1. The molecule has 0 bridgehead atoms. The molecule has 0 spiro atoms. The van der Waals surface area contributed by atoms with Crippen LogP contribution in [0.2, 0.25) is 0 Å².